The maximum absolute atomic E-state index is 11.5. The van der Waals surface area contributed by atoms with E-state index >= 15 is 0 Å². The van der Waals surface area contributed by atoms with Crippen LogP contribution in [0, 0.1) is 5.92 Å². The van der Waals surface area contributed by atoms with Crippen LogP contribution in [0.25, 0.3) is 0 Å². The van der Waals surface area contributed by atoms with Crippen LogP contribution in [0.1, 0.15) is 44.4 Å². The Kier molecular flexibility index (Phi) is 9.30. The van der Waals surface area contributed by atoms with Gasteiger partial charge in [0.2, 0.25) is 5.13 Å². The second-order valence-electron chi connectivity index (χ2n) is 7.78. The third kappa shape index (κ3) is 7.95. The van der Waals surface area contributed by atoms with Crippen LogP contribution in [0.5, 0.6) is 5.75 Å². The van der Waals surface area contributed by atoms with Gasteiger partial charge in [-0.15, -0.1) is 11.3 Å². The first-order valence-electron chi connectivity index (χ1n) is 11.0. The fraction of sp³-hybridized carbons (Fsp3) is 0.522. The van der Waals surface area contributed by atoms with Crippen molar-refractivity contribution in [2.75, 3.05) is 38.3 Å². The summed E-state index contributed by atoms with van der Waals surface area (Å²) in [5.74, 6) is 1.35. The lowest BCUT2D eigenvalue weighted by atomic mass is 10.0. The summed E-state index contributed by atoms with van der Waals surface area (Å²) in [4.78, 5) is 18.4. The maximum atomic E-state index is 11.5. The number of thiazole rings is 1. The van der Waals surface area contributed by atoms with Crippen molar-refractivity contribution in [2.45, 2.75) is 39.5 Å². The van der Waals surface area contributed by atoms with Crippen molar-refractivity contribution in [1.82, 2.24) is 9.88 Å². The summed E-state index contributed by atoms with van der Waals surface area (Å²) in [6, 6.07) is 7.87. The first kappa shape index (κ1) is 23.2. The first-order valence-corrected chi connectivity index (χ1v) is 11.8. The van der Waals surface area contributed by atoms with E-state index in [1.165, 1.54) is 37.3 Å². The van der Waals surface area contributed by atoms with Crippen molar-refractivity contribution in [3.8, 4) is 5.75 Å². The van der Waals surface area contributed by atoms with Gasteiger partial charge in [0.15, 0.2) is 0 Å². The molecule has 1 unspecified atom stereocenters. The van der Waals surface area contributed by atoms with Gasteiger partial charge in [-0.3, -0.25) is 10.2 Å². The topological polar surface area (TPSA) is 76.1 Å². The molecule has 31 heavy (non-hydrogen) atoms. The molecule has 1 N–H and O–H groups in total. The van der Waals surface area contributed by atoms with Gasteiger partial charge < -0.3 is 14.4 Å². The van der Waals surface area contributed by atoms with E-state index in [1.807, 2.05) is 29.6 Å². The molecule has 3 rings (SSSR count). The number of esters is 1. The van der Waals surface area contributed by atoms with E-state index in [9.17, 15) is 4.79 Å². The van der Waals surface area contributed by atoms with E-state index in [-0.39, 0.29) is 12.4 Å². The molecular formula is C23H32N4O3S. The van der Waals surface area contributed by atoms with Gasteiger partial charge in [0, 0.05) is 24.0 Å². The lowest BCUT2D eigenvalue weighted by Gasteiger charge is -2.30. The summed E-state index contributed by atoms with van der Waals surface area (Å²) in [5, 5.41) is 6.74. The van der Waals surface area contributed by atoms with E-state index in [0.717, 1.165) is 30.2 Å². The van der Waals surface area contributed by atoms with Crippen LogP contribution in [0.3, 0.4) is 0 Å². The fourth-order valence-corrected chi connectivity index (χ4v) is 4.29. The Bertz CT molecular complexity index is 855. The zero-order valence-electron chi connectivity index (χ0n) is 18.4. The predicted octanol–water partition coefficient (Wildman–Crippen LogP) is 4.20. The number of rotatable bonds is 11. The number of anilines is 1. The van der Waals surface area contributed by atoms with Crippen LogP contribution >= 0.6 is 11.3 Å². The van der Waals surface area contributed by atoms with Crippen LogP contribution in [0.2, 0.25) is 0 Å². The third-order valence-electron chi connectivity index (χ3n) is 5.08. The van der Waals surface area contributed by atoms with Gasteiger partial charge in [0.1, 0.15) is 5.75 Å². The number of nitrogens with one attached hydrogen (secondary N) is 1. The lowest BCUT2D eigenvalue weighted by Crippen LogP contribution is -2.35. The van der Waals surface area contributed by atoms with Crippen LogP contribution in [-0.4, -0.2) is 54.9 Å². The number of hydrogen-bond donors (Lipinski definition) is 1. The molecule has 0 bridgehead atoms. The zero-order chi connectivity index (χ0) is 21.9. The number of carbonyl (C=O) groups is 1. The number of aromatic nitrogens is 1. The second-order valence-corrected chi connectivity index (χ2v) is 8.64. The predicted molar refractivity (Wildman–Crippen MR) is 125 cm³/mol. The van der Waals surface area contributed by atoms with Crippen LogP contribution in [-0.2, 0) is 16.0 Å². The van der Waals surface area contributed by atoms with E-state index in [0.29, 0.717) is 24.0 Å². The molecule has 1 aliphatic rings. The molecule has 0 spiro atoms. The average Bonchev–Trinajstić information content (AvgIpc) is 3.19. The van der Waals surface area contributed by atoms with Crippen molar-refractivity contribution in [3.05, 3.63) is 40.9 Å². The van der Waals surface area contributed by atoms with Crippen LogP contribution in [0.15, 0.2) is 34.7 Å². The highest BCUT2D eigenvalue weighted by Crippen LogP contribution is 2.19. The summed E-state index contributed by atoms with van der Waals surface area (Å²) in [7, 11) is 0. The van der Waals surface area contributed by atoms with E-state index in [1.54, 1.807) is 13.1 Å². The number of para-hydroxylation sites is 1. The Morgan fingerprint density at radius 1 is 1.42 bits per heavy atom. The minimum Gasteiger partial charge on any atom is -0.493 e. The molecule has 1 aliphatic heterocycles. The smallest absolute Gasteiger partial charge is 0.311 e. The number of likely N-dealkylation sites (tertiary alicyclic amines) is 1. The molecule has 1 aromatic carbocycles. The fourth-order valence-electron chi connectivity index (χ4n) is 3.64. The Labute approximate surface area is 188 Å². The Morgan fingerprint density at radius 2 is 2.29 bits per heavy atom. The Morgan fingerprint density at radius 3 is 3.13 bits per heavy atom. The van der Waals surface area contributed by atoms with Crippen molar-refractivity contribution in [3.63, 3.8) is 0 Å². The summed E-state index contributed by atoms with van der Waals surface area (Å²) in [6.07, 6.45) is 5.56. The van der Waals surface area contributed by atoms with E-state index < -0.39 is 0 Å². The summed E-state index contributed by atoms with van der Waals surface area (Å²) < 4.78 is 11.0. The van der Waals surface area contributed by atoms with Crippen LogP contribution < -0.4 is 10.2 Å². The highest BCUT2D eigenvalue weighted by Gasteiger charge is 2.15. The summed E-state index contributed by atoms with van der Waals surface area (Å²) in [5.41, 5.74) is 4.50. The molecule has 8 heteroatoms. The number of benzene rings is 1. The normalized spacial score (nSPS) is 17.0. The number of ether oxygens (including phenoxy) is 2. The molecule has 7 nitrogen and oxygen atoms in total. The molecule has 168 valence electrons. The number of hydrogen-bond acceptors (Lipinski definition) is 8. The lowest BCUT2D eigenvalue weighted by molar-refractivity contribution is -0.142. The summed E-state index contributed by atoms with van der Waals surface area (Å²) in [6.45, 7) is 8.67. The van der Waals surface area contributed by atoms with E-state index in [4.69, 9.17) is 9.47 Å². The van der Waals surface area contributed by atoms with Gasteiger partial charge in [-0.25, -0.2) is 4.98 Å². The van der Waals surface area contributed by atoms with Crippen LogP contribution in [0.4, 0.5) is 5.13 Å². The quantitative estimate of drug-likeness (QED) is 0.242. The van der Waals surface area contributed by atoms with Crippen molar-refractivity contribution >= 4 is 28.7 Å². The molecule has 0 amide bonds. The maximum Gasteiger partial charge on any atom is 0.311 e. The van der Waals surface area contributed by atoms with Gasteiger partial charge in [0.25, 0.3) is 0 Å². The molecule has 2 heterocycles. The SMILES string of the molecule is CCOC(=O)Cc1csc(NN=Cc2ccccc2OCCCN2CCCC(C)C2)n1. The molecule has 1 atom stereocenters. The molecule has 0 saturated carbocycles. The first-order chi connectivity index (χ1) is 15.1. The molecule has 0 radical (unpaired) electrons. The van der Waals surface area contributed by atoms with Crippen molar-refractivity contribution in [1.29, 1.82) is 0 Å². The molecule has 2 aromatic rings. The minimum absolute atomic E-state index is 0.169. The molecule has 0 aliphatic carbocycles. The van der Waals surface area contributed by atoms with E-state index in [2.05, 4.69) is 27.3 Å². The largest absolute Gasteiger partial charge is 0.493 e. The van der Waals surface area contributed by atoms with Gasteiger partial charge in [-0.2, -0.15) is 5.10 Å². The molecule has 1 aromatic heterocycles. The molecule has 1 fully saturated rings. The average molecular weight is 445 g/mol. The van der Waals surface area contributed by atoms with Gasteiger partial charge in [-0.1, -0.05) is 19.1 Å². The minimum atomic E-state index is -0.274. The number of nitrogens with zero attached hydrogens (tertiary/aromatic N) is 3. The highest BCUT2D eigenvalue weighted by atomic mass is 32.1. The Balaban J connectivity index is 1.45. The molecule has 1 saturated heterocycles. The molecular weight excluding hydrogens is 412 g/mol. The van der Waals surface area contributed by atoms with Gasteiger partial charge in [0.05, 0.1) is 31.5 Å². The van der Waals surface area contributed by atoms with Crippen molar-refractivity contribution in [2.24, 2.45) is 11.0 Å². The highest BCUT2D eigenvalue weighted by molar-refractivity contribution is 7.13. The number of hydrazone groups is 1. The Hall–Kier alpha value is -2.45. The zero-order valence-corrected chi connectivity index (χ0v) is 19.2. The monoisotopic (exact) mass is 444 g/mol. The van der Waals surface area contributed by atoms with Gasteiger partial charge >= 0.3 is 5.97 Å². The summed E-state index contributed by atoms with van der Waals surface area (Å²) >= 11 is 1.40. The number of piperidine rings is 1. The third-order valence-corrected chi connectivity index (χ3v) is 5.88. The van der Waals surface area contributed by atoms with Crippen molar-refractivity contribution < 1.29 is 14.3 Å². The second kappa shape index (κ2) is 12.4. The van der Waals surface area contributed by atoms with Gasteiger partial charge in [-0.05, 0) is 50.8 Å². The number of carbonyl (C=O) groups excluding carboxylic acids is 1. The standard InChI is InChI=1S/C23H32N4O3S/c1-3-29-22(28)14-20-17-31-23(25-20)26-24-15-19-9-4-5-10-21(19)30-13-7-12-27-11-6-8-18(2)16-27/h4-5,9-10,15,17-18H,3,6-8,11-14,16H2,1-2H3,(H,25,26).